The summed E-state index contributed by atoms with van der Waals surface area (Å²) in [6, 6.07) is 29.8. The van der Waals surface area contributed by atoms with E-state index in [-0.39, 0.29) is 0 Å². The molecule has 4 aromatic rings. The van der Waals surface area contributed by atoms with Crippen LogP contribution in [-0.4, -0.2) is 0 Å². The van der Waals surface area contributed by atoms with Crippen molar-refractivity contribution in [2.24, 2.45) is 0 Å². The zero-order valence-corrected chi connectivity index (χ0v) is 19.6. The van der Waals surface area contributed by atoms with E-state index < -0.39 is 0 Å². The van der Waals surface area contributed by atoms with E-state index in [0.29, 0.717) is 0 Å². The first-order valence-electron chi connectivity index (χ1n) is 12.0. The molecule has 0 bridgehead atoms. The third-order valence-corrected chi connectivity index (χ3v) is 5.88. The van der Waals surface area contributed by atoms with Gasteiger partial charge in [-0.2, -0.15) is 0 Å². The SMILES string of the molecule is CCCCc1ccc(C#Cc2ccc(C#Cc3ccc(CCC)c4ccccc34)cc2)cc1. The van der Waals surface area contributed by atoms with Crippen LogP contribution in [0.4, 0.5) is 0 Å². The molecular weight excluding hydrogens is 396 g/mol. The second-order valence-corrected chi connectivity index (χ2v) is 8.45. The van der Waals surface area contributed by atoms with Gasteiger partial charge in [0.05, 0.1) is 0 Å². The van der Waals surface area contributed by atoms with Crippen LogP contribution >= 0.6 is 0 Å². The maximum Gasteiger partial charge on any atom is 0.0327 e. The fourth-order valence-corrected chi connectivity index (χ4v) is 4.01. The Bertz CT molecular complexity index is 1330. The van der Waals surface area contributed by atoms with Crippen LogP contribution in [0.5, 0.6) is 0 Å². The predicted octanol–water partition coefficient (Wildman–Crippen LogP) is 7.93. The highest BCUT2D eigenvalue weighted by molar-refractivity contribution is 5.91. The normalized spacial score (nSPS) is 10.2. The van der Waals surface area contributed by atoms with Crippen LogP contribution in [0.1, 0.15) is 66.5 Å². The van der Waals surface area contributed by atoms with Gasteiger partial charge in [-0.1, -0.05) is 92.8 Å². The molecule has 0 saturated carbocycles. The Morgan fingerprint density at radius 3 is 1.70 bits per heavy atom. The van der Waals surface area contributed by atoms with Gasteiger partial charge in [0.25, 0.3) is 0 Å². The van der Waals surface area contributed by atoms with Gasteiger partial charge >= 0.3 is 0 Å². The van der Waals surface area contributed by atoms with Crippen molar-refractivity contribution in [3.63, 3.8) is 0 Å². The Morgan fingerprint density at radius 1 is 0.515 bits per heavy atom. The molecule has 0 heterocycles. The summed E-state index contributed by atoms with van der Waals surface area (Å²) in [5.74, 6) is 13.3. The van der Waals surface area contributed by atoms with Gasteiger partial charge in [0.1, 0.15) is 0 Å². The Hall–Kier alpha value is -3.74. The molecule has 0 fully saturated rings. The van der Waals surface area contributed by atoms with E-state index in [1.54, 1.807) is 0 Å². The van der Waals surface area contributed by atoms with Crippen molar-refractivity contribution in [1.29, 1.82) is 0 Å². The van der Waals surface area contributed by atoms with Gasteiger partial charge < -0.3 is 0 Å². The van der Waals surface area contributed by atoms with E-state index >= 15 is 0 Å². The second kappa shape index (κ2) is 11.2. The zero-order valence-electron chi connectivity index (χ0n) is 19.6. The quantitative estimate of drug-likeness (QED) is 0.284. The van der Waals surface area contributed by atoms with Crippen molar-refractivity contribution in [2.75, 3.05) is 0 Å². The van der Waals surface area contributed by atoms with Crippen molar-refractivity contribution in [1.82, 2.24) is 0 Å². The van der Waals surface area contributed by atoms with Crippen LogP contribution in [0.3, 0.4) is 0 Å². The first kappa shape index (κ1) is 22.5. The van der Waals surface area contributed by atoms with E-state index in [0.717, 1.165) is 41.5 Å². The summed E-state index contributed by atoms with van der Waals surface area (Å²) in [6.45, 7) is 4.45. The van der Waals surface area contributed by atoms with E-state index in [9.17, 15) is 0 Å². The van der Waals surface area contributed by atoms with E-state index in [4.69, 9.17) is 0 Å². The lowest BCUT2D eigenvalue weighted by molar-refractivity contribution is 0.795. The largest absolute Gasteiger partial charge is 0.0654 e. The Morgan fingerprint density at radius 2 is 1.09 bits per heavy atom. The minimum atomic E-state index is 1.00. The van der Waals surface area contributed by atoms with Crippen molar-refractivity contribution in [3.8, 4) is 23.7 Å². The van der Waals surface area contributed by atoms with Crippen LogP contribution in [0.15, 0.2) is 84.9 Å². The van der Waals surface area contributed by atoms with Gasteiger partial charge in [-0.3, -0.25) is 0 Å². The van der Waals surface area contributed by atoms with Crippen molar-refractivity contribution in [3.05, 3.63) is 118 Å². The minimum Gasteiger partial charge on any atom is -0.0654 e. The van der Waals surface area contributed by atoms with Gasteiger partial charge in [-0.15, -0.1) is 0 Å². The lowest BCUT2D eigenvalue weighted by Crippen LogP contribution is -1.89. The summed E-state index contributed by atoms with van der Waals surface area (Å²) in [5, 5.41) is 2.55. The molecule has 0 nitrogen and oxygen atoms in total. The molecule has 0 amide bonds. The average Bonchev–Trinajstić information content (AvgIpc) is 2.87. The topological polar surface area (TPSA) is 0 Å². The highest BCUT2D eigenvalue weighted by Gasteiger charge is 2.03. The summed E-state index contributed by atoms with van der Waals surface area (Å²) < 4.78 is 0. The lowest BCUT2D eigenvalue weighted by atomic mass is 9.97. The third-order valence-electron chi connectivity index (χ3n) is 5.88. The number of unbranched alkanes of at least 4 members (excludes halogenated alkanes) is 1. The molecule has 0 saturated heterocycles. The minimum absolute atomic E-state index is 1.00. The Kier molecular flexibility index (Phi) is 7.64. The first-order valence-corrected chi connectivity index (χ1v) is 12.0. The molecule has 0 unspecified atom stereocenters. The molecule has 0 spiro atoms. The van der Waals surface area contributed by atoms with Crippen LogP contribution in [0, 0.1) is 23.7 Å². The van der Waals surface area contributed by atoms with E-state index in [1.165, 1.54) is 34.7 Å². The lowest BCUT2D eigenvalue weighted by Gasteiger charge is -2.07. The number of aryl methyl sites for hydroxylation is 2. The molecule has 0 aromatic heterocycles. The molecular formula is C33H30. The predicted molar refractivity (Wildman–Crippen MR) is 141 cm³/mol. The van der Waals surface area contributed by atoms with Gasteiger partial charge in [0, 0.05) is 22.3 Å². The molecule has 0 atom stereocenters. The summed E-state index contributed by atoms with van der Waals surface area (Å²) in [7, 11) is 0. The Balaban J connectivity index is 1.49. The fourth-order valence-electron chi connectivity index (χ4n) is 4.01. The van der Waals surface area contributed by atoms with E-state index in [2.05, 4.69) is 122 Å². The fraction of sp³-hybridized carbons (Fsp3) is 0.212. The molecule has 0 aliphatic heterocycles. The molecule has 0 heteroatoms. The molecule has 0 radical (unpaired) electrons. The number of rotatable bonds is 5. The van der Waals surface area contributed by atoms with E-state index in [1.807, 2.05) is 0 Å². The number of benzene rings is 4. The Labute approximate surface area is 198 Å². The molecule has 162 valence electrons. The molecule has 0 aliphatic rings. The number of fused-ring (bicyclic) bond motifs is 1. The molecule has 0 N–H and O–H groups in total. The number of hydrogen-bond acceptors (Lipinski definition) is 0. The third kappa shape index (κ3) is 5.94. The first-order chi connectivity index (χ1) is 16.3. The molecule has 4 aromatic carbocycles. The van der Waals surface area contributed by atoms with Crippen LogP contribution in [0.25, 0.3) is 10.8 Å². The number of hydrogen-bond donors (Lipinski definition) is 0. The molecule has 0 aliphatic carbocycles. The van der Waals surface area contributed by atoms with Crippen LogP contribution < -0.4 is 0 Å². The highest BCUT2D eigenvalue weighted by atomic mass is 14.1. The summed E-state index contributed by atoms with van der Waals surface area (Å²) in [4.78, 5) is 0. The van der Waals surface area contributed by atoms with Gasteiger partial charge in [0.2, 0.25) is 0 Å². The summed E-state index contributed by atoms with van der Waals surface area (Å²) >= 11 is 0. The summed E-state index contributed by atoms with van der Waals surface area (Å²) in [6.07, 6.45) is 5.85. The summed E-state index contributed by atoms with van der Waals surface area (Å²) in [5.41, 5.74) is 6.93. The molecule has 4 rings (SSSR count). The molecule has 33 heavy (non-hydrogen) atoms. The standard InChI is InChI=1S/C33H30/c1-3-5-9-26-12-14-27(15-13-26)16-17-28-18-20-29(21-19-28)22-23-31-25-24-30(8-4-2)32-10-6-7-11-33(31)32/h6-7,10-15,18-21,24-25H,3-5,8-9H2,1-2H3. The van der Waals surface area contributed by atoms with Crippen molar-refractivity contribution < 1.29 is 0 Å². The average molecular weight is 427 g/mol. The van der Waals surface area contributed by atoms with Gasteiger partial charge in [-0.05, 0) is 83.6 Å². The second-order valence-electron chi connectivity index (χ2n) is 8.45. The zero-order chi connectivity index (χ0) is 22.9. The maximum absolute atomic E-state index is 3.38. The van der Waals surface area contributed by atoms with Gasteiger partial charge in [-0.25, -0.2) is 0 Å². The van der Waals surface area contributed by atoms with Crippen molar-refractivity contribution >= 4 is 10.8 Å². The highest BCUT2D eigenvalue weighted by Crippen LogP contribution is 2.23. The van der Waals surface area contributed by atoms with Crippen LogP contribution in [-0.2, 0) is 12.8 Å². The van der Waals surface area contributed by atoms with Crippen molar-refractivity contribution in [2.45, 2.75) is 46.0 Å². The maximum atomic E-state index is 3.38. The van der Waals surface area contributed by atoms with Crippen LogP contribution in [0.2, 0.25) is 0 Å². The van der Waals surface area contributed by atoms with Gasteiger partial charge in [0.15, 0.2) is 0 Å². The monoisotopic (exact) mass is 426 g/mol. The smallest absolute Gasteiger partial charge is 0.0327 e.